The van der Waals surface area contributed by atoms with Crippen LogP contribution in [0.2, 0.25) is 0 Å². The molecule has 0 bridgehead atoms. The van der Waals surface area contributed by atoms with Crippen LogP contribution in [0.25, 0.3) is 0 Å². The standard InChI is InChI=1S/C7H5NO4.Mg/c9-6(10)4-2-1-3-8-5(4)7(11)12;/h1-3H,(H,9,10)(H,11,12);. The number of rotatable bonds is 2. The summed E-state index contributed by atoms with van der Waals surface area (Å²) in [4.78, 5) is 24.2. The SMILES string of the molecule is O=C(O)c1cccnc1C(=O)O.[Mg]. The van der Waals surface area contributed by atoms with Crippen molar-refractivity contribution in [2.24, 2.45) is 0 Å². The Kier molecular flexibility index (Phi) is 4.36. The van der Waals surface area contributed by atoms with Crippen LogP contribution in [0, 0.1) is 0 Å². The fourth-order valence-electron chi connectivity index (χ4n) is 0.748. The highest BCUT2D eigenvalue weighted by molar-refractivity contribution is 5.99. The van der Waals surface area contributed by atoms with Crippen molar-refractivity contribution in [2.45, 2.75) is 0 Å². The van der Waals surface area contributed by atoms with Gasteiger partial charge in [-0.05, 0) is 12.1 Å². The van der Waals surface area contributed by atoms with Gasteiger partial charge in [0.25, 0.3) is 0 Å². The van der Waals surface area contributed by atoms with Crippen molar-refractivity contribution >= 4 is 35.0 Å². The third-order valence-corrected chi connectivity index (χ3v) is 1.24. The second-order valence-electron chi connectivity index (χ2n) is 2.01. The lowest BCUT2D eigenvalue weighted by molar-refractivity contribution is 0.0646. The average Bonchev–Trinajstić information content (AvgIpc) is 2.04. The van der Waals surface area contributed by atoms with Crippen molar-refractivity contribution in [1.29, 1.82) is 0 Å². The van der Waals surface area contributed by atoms with Gasteiger partial charge in [-0.2, -0.15) is 0 Å². The van der Waals surface area contributed by atoms with Crippen LogP contribution in [0.5, 0.6) is 0 Å². The van der Waals surface area contributed by atoms with Gasteiger partial charge < -0.3 is 10.2 Å². The number of aromatic carboxylic acids is 2. The topological polar surface area (TPSA) is 87.5 Å². The number of carboxylic acids is 2. The lowest BCUT2D eigenvalue weighted by Crippen LogP contribution is -2.09. The van der Waals surface area contributed by atoms with Crippen molar-refractivity contribution < 1.29 is 19.8 Å². The molecule has 0 spiro atoms. The van der Waals surface area contributed by atoms with Gasteiger partial charge in [0.05, 0.1) is 5.56 Å². The van der Waals surface area contributed by atoms with Gasteiger partial charge >= 0.3 is 11.9 Å². The molecule has 5 nitrogen and oxygen atoms in total. The summed E-state index contributed by atoms with van der Waals surface area (Å²) >= 11 is 0. The smallest absolute Gasteiger partial charge is 0.355 e. The molecular formula is C7H5MgNO4. The molecule has 0 aliphatic rings. The number of aromatic nitrogens is 1. The molecular weight excluding hydrogens is 186 g/mol. The Bertz CT molecular complexity index is 306. The van der Waals surface area contributed by atoms with Crippen LogP contribution in [-0.4, -0.2) is 50.2 Å². The van der Waals surface area contributed by atoms with Crippen LogP contribution in [0.1, 0.15) is 20.8 Å². The maximum atomic E-state index is 10.4. The Balaban J connectivity index is 0.00000144. The van der Waals surface area contributed by atoms with E-state index in [9.17, 15) is 9.59 Å². The first-order valence-corrected chi connectivity index (χ1v) is 3.04. The first kappa shape index (κ1) is 11.9. The molecule has 0 aliphatic carbocycles. The van der Waals surface area contributed by atoms with Gasteiger partial charge in [0.1, 0.15) is 0 Å². The fraction of sp³-hybridized carbons (Fsp3) is 0. The van der Waals surface area contributed by atoms with Crippen LogP contribution in [-0.2, 0) is 0 Å². The van der Waals surface area contributed by atoms with Crippen LogP contribution >= 0.6 is 0 Å². The van der Waals surface area contributed by atoms with E-state index in [1.54, 1.807) is 0 Å². The molecule has 1 heterocycles. The van der Waals surface area contributed by atoms with Gasteiger partial charge in [-0.25, -0.2) is 14.6 Å². The third-order valence-electron chi connectivity index (χ3n) is 1.24. The van der Waals surface area contributed by atoms with Gasteiger partial charge in [0.15, 0.2) is 5.69 Å². The number of nitrogens with zero attached hydrogens (tertiary/aromatic N) is 1. The number of hydrogen-bond acceptors (Lipinski definition) is 3. The summed E-state index contributed by atoms with van der Waals surface area (Å²) in [6, 6.07) is 2.56. The Morgan fingerprint density at radius 3 is 2.23 bits per heavy atom. The lowest BCUT2D eigenvalue weighted by Gasteiger charge is -1.97. The zero-order valence-corrected chi connectivity index (χ0v) is 8.01. The van der Waals surface area contributed by atoms with Gasteiger partial charge in [0.2, 0.25) is 0 Å². The molecule has 0 atom stereocenters. The lowest BCUT2D eigenvalue weighted by atomic mass is 10.2. The maximum Gasteiger partial charge on any atom is 0.355 e. The highest BCUT2D eigenvalue weighted by atomic mass is 24.3. The summed E-state index contributed by atoms with van der Waals surface area (Å²) in [5.74, 6) is -2.63. The first-order chi connectivity index (χ1) is 5.63. The maximum absolute atomic E-state index is 10.4. The van der Waals surface area contributed by atoms with Crippen LogP contribution < -0.4 is 0 Å². The van der Waals surface area contributed by atoms with Crippen molar-refractivity contribution in [3.63, 3.8) is 0 Å². The molecule has 0 aliphatic heterocycles. The van der Waals surface area contributed by atoms with Crippen molar-refractivity contribution in [1.82, 2.24) is 4.98 Å². The summed E-state index contributed by atoms with van der Waals surface area (Å²) in [5.41, 5.74) is -0.741. The minimum absolute atomic E-state index is 0. The summed E-state index contributed by atoms with van der Waals surface area (Å²) in [6.45, 7) is 0. The molecule has 0 saturated carbocycles. The van der Waals surface area contributed by atoms with E-state index in [0.717, 1.165) is 0 Å². The molecule has 1 rings (SSSR count). The molecule has 0 saturated heterocycles. The van der Waals surface area contributed by atoms with Crippen molar-refractivity contribution in [2.75, 3.05) is 0 Å². The zero-order valence-electron chi connectivity index (χ0n) is 6.60. The van der Waals surface area contributed by atoms with Gasteiger partial charge in [-0.15, -0.1) is 0 Å². The minimum Gasteiger partial charge on any atom is -0.478 e. The molecule has 0 fully saturated rings. The molecule has 0 amide bonds. The van der Waals surface area contributed by atoms with E-state index >= 15 is 0 Å². The Morgan fingerprint density at radius 2 is 1.85 bits per heavy atom. The van der Waals surface area contributed by atoms with Crippen molar-refractivity contribution in [3.05, 3.63) is 29.6 Å². The Hall–Kier alpha value is -1.14. The van der Waals surface area contributed by atoms with E-state index in [0.29, 0.717) is 0 Å². The van der Waals surface area contributed by atoms with E-state index in [1.165, 1.54) is 18.3 Å². The predicted octanol–water partition coefficient (Wildman–Crippen LogP) is 0.0972. The second-order valence-corrected chi connectivity index (χ2v) is 2.01. The molecule has 6 heteroatoms. The Labute approximate surface area is 89.6 Å². The summed E-state index contributed by atoms with van der Waals surface area (Å²) in [6.07, 6.45) is 1.23. The summed E-state index contributed by atoms with van der Waals surface area (Å²) in [7, 11) is 0. The van der Waals surface area contributed by atoms with Crippen LogP contribution in [0.4, 0.5) is 0 Å². The second kappa shape index (κ2) is 4.78. The monoisotopic (exact) mass is 191 g/mol. The highest BCUT2D eigenvalue weighted by Crippen LogP contribution is 2.04. The number of carboxylic acid groups (broad SMARTS) is 2. The Morgan fingerprint density at radius 1 is 1.23 bits per heavy atom. The van der Waals surface area contributed by atoms with Gasteiger partial charge in [-0.3, -0.25) is 0 Å². The minimum atomic E-state index is -1.34. The number of pyridine rings is 1. The first-order valence-electron chi connectivity index (χ1n) is 3.04. The van der Waals surface area contributed by atoms with E-state index < -0.39 is 17.6 Å². The summed E-state index contributed by atoms with van der Waals surface area (Å²) < 4.78 is 0. The molecule has 64 valence electrons. The average molecular weight is 191 g/mol. The van der Waals surface area contributed by atoms with E-state index in [-0.39, 0.29) is 28.6 Å². The largest absolute Gasteiger partial charge is 0.478 e. The predicted molar refractivity (Wildman–Crippen MR) is 43.9 cm³/mol. The molecule has 13 heavy (non-hydrogen) atoms. The highest BCUT2D eigenvalue weighted by Gasteiger charge is 2.15. The molecule has 1 aromatic rings. The van der Waals surface area contributed by atoms with E-state index in [1.807, 2.05) is 0 Å². The quantitative estimate of drug-likeness (QED) is 0.647. The van der Waals surface area contributed by atoms with E-state index in [4.69, 9.17) is 10.2 Å². The molecule has 0 unspecified atom stereocenters. The van der Waals surface area contributed by atoms with Gasteiger partial charge in [-0.1, -0.05) is 0 Å². The fourth-order valence-corrected chi connectivity index (χ4v) is 0.748. The van der Waals surface area contributed by atoms with Crippen LogP contribution in [0.15, 0.2) is 18.3 Å². The molecule has 0 aromatic carbocycles. The number of carbonyl (C=O) groups is 2. The van der Waals surface area contributed by atoms with Crippen LogP contribution in [0.3, 0.4) is 0 Å². The normalized spacial score (nSPS) is 8.62. The zero-order chi connectivity index (χ0) is 9.14. The van der Waals surface area contributed by atoms with Crippen molar-refractivity contribution in [3.8, 4) is 0 Å². The molecule has 2 radical (unpaired) electrons. The summed E-state index contributed by atoms with van der Waals surface area (Å²) in [5, 5.41) is 17.0. The third kappa shape index (κ3) is 2.67. The molecule has 1 aromatic heterocycles. The number of hydrogen-bond donors (Lipinski definition) is 2. The molecule has 2 N–H and O–H groups in total. The van der Waals surface area contributed by atoms with E-state index in [2.05, 4.69) is 4.98 Å². The van der Waals surface area contributed by atoms with Gasteiger partial charge in [0, 0.05) is 29.2 Å².